The smallest absolute Gasteiger partial charge is 0.137 e. The topological polar surface area (TPSA) is 31.4 Å². The molecule has 0 aliphatic heterocycles. The van der Waals surface area contributed by atoms with Crippen molar-refractivity contribution in [2.75, 3.05) is 0 Å². The molecular formula is C25H29ClNO2P. The molecule has 158 valence electrons. The molecule has 1 aromatic heterocycles. The predicted octanol–water partition coefficient (Wildman–Crippen LogP) is 5.85. The molecule has 0 aliphatic carbocycles. The van der Waals surface area contributed by atoms with Crippen molar-refractivity contribution in [3.05, 3.63) is 72.0 Å². The van der Waals surface area contributed by atoms with Gasteiger partial charge in [0.25, 0.3) is 0 Å². The lowest BCUT2D eigenvalue weighted by Gasteiger charge is -2.25. The number of pyridine rings is 1. The minimum Gasteiger partial charge on any atom is -0.488 e. The van der Waals surface area contributed by atoms with Crippen LogP contribution < -0.4 is 25.4 Å². The normalized spacial score (nSPS) is 12.1. The van der Waals surface area contributed by atoms with Crippen LogP contribution in [0.4, 0.5) is 0 Å². The molecule has 5 heteroatoms. The summed E-state index contributed by atoms with van der Waals surface area (Å²) in [5.74, 6) is 1.68. The number of hydrogen-bond donors (Lipinski definition) is 0. The van der Waals surface area contributed by atoms with E-state index >= 15 is 0 Å². The van der Waals surface area contributed by atoms with Crippen molar-refractivity contribution in [3.8, 4) is 11.5 Å². The highest BCUT2D eigenvalue weighted by Crippen LogP contribution is 2.37. The molecule has 2 aromatic carbocycles. The Kier molecular flexibility index (Phi) is 6.75. The summed E-state index contributed by atoms with van der Waals surface area (Å²) in [4.78, 5) is 4.33. The van der Waals surface area contributed by atoms with Gasteiger partial charge in [-0.15, -0.1) is 0 Å². The second-order valence-electron chi connectivity index (χ2n) is 9.07. The Hall–Kier alpha value is -2.09. The van der Waals surface area contributed by atoms with Gasteiger partial charge in [0.05, 0.1) is 0 Å². The summed E-state index contributed by atoms with van der Waals surface area (Å²) >= 11 is 6.55. The van der Waals surface area contributed by atoms with E-state index in [0.717, 1.165) is 27.4 Å². The summed E-state index contributed by atoms with van der Waals surface area (Å²) in [5.41, 5.74) is -0.540. The number of ether oxygens (including phenoxy) is 2. The van der Waals surface area contributed by atoms with E-state index in [1.54, 1.807) is 6.20 Å². The largest absolute Gasteiger partial charge is 0.488 e. The third-order valence-electron chi connectivity index (χ3n) is 3.98. The van der Waals surface area contributed by atoms with Gasteiger partial charge in [0, 0.05) is 11.5 Å². The zero-order valence-electron chi connectivity index (χ0n) is 18.4. The molecule has 0 radical (unpaired) electrons. The molecule has 0 spiro atoms. The van der Waals surface area contributed by atoms with Crippen molar-refractivity contribution in [2.45, 2.75) is 52.7 Å². The van der Waals surface area contributed by atoms with E-state index in [9.17, 15) is 0 Å². The number of halogens is 1. The van der Waals surface area contributed by atoms with Crippen LogP contribution >= 0.6 is 19.5 Å². The molecule has 0 saturated heterocycles. The van der Waals surface area contributed by atoms with Gasteiger partial charge in [-0.3, -0.25) is 0 Å². The Morgan fingerprint density at radius 1 is 0.733 bits per heavy atom. The third kappa shape index (κ3) is 6.20. The lowest BCUT2D eigenvalue weighted by Crippen LogP contribution is -2.26. The summed E-state index contributed by atoms with van der Waals surface area (Å²) in [6.07, 6.45) is 1.72. The molecule has 0 N–H and O–H groups in total. The first-order valence-corrected chi connectivity index (χ1v) is 11.7. The zero-order chi connectivity index (χ0) is 21.9. The number of rotatable bonds is 5. The average molecular weight is 442 g/mol. The summed E-state index contributed by atoms with van der Waals surface area (Å²) in [6, 6.07) is 20.5. The lowest BCUT2D eigenvalue weighted by molar-refractivity contribution is 0.130. The second kappa shape index (κ2) is 8.96. The molecule has 3 rings (SSSR count). The summed E-state index contributed by atoms with van der Waals surface area (Å²) in [7, 11) is -0.937. The van der Waals surface area contributed by atoms with Gasteiger partial charge in [-0.25, -0.2) is 4.98 Å². The molecule has 0 atom stereocenters. The van der Waals surface area contributed by atoms with Gasteiger partial charge >= 0.3 is 0 Å². The van der Waals surface area contributed by atoms with Crippen LogP contribution in [0.15, 0.2) is 66.9 Å². The van der Waals surface area contributed by atoms with Crippen molar-refractivity contribution >= 4 is 35.4 Å². The first-order chi connectivity index (χ1) is 14.0. The Morgan fingerprint density at radius 2 is 1.23 bits per heavy atom. The molecule has 0 saturated carbocycles. The van der Waals surface area contributed by atoms with Gasteiger partial charge in [0.15, 0.2) is 0 Å². The zero-order valence-corrected chi connectivity index (χ0v) is 20.1. The SMILES string of the molecule is CC(C)(C)Oc1cccc(P(c2cccc(OC(C)(C)C)c2)c2cccnc2Cl)c1. The van der Waals surface area contributed by atoms with Crippen molar-refractivity contribution < 1.29 is 9.47 Å². The van der Waals surface area contributed by atoms with E-state index in [-0.39, 0.29) is 11.2 Å². The molecule has 0 aliphatic rings. The molecule has 30 heavy (non-hydrogen) atoms. The van der Waals surface area contributed by atoms with Gasteiger partial charge in [-0.2, -0.15) is 0 Å². The third-order valence-corrected chi connectivity index (χ3v) is 6.84. The first kappa shape index (κ1) is 22.6. The van der Waals surface area contributed by atoms with Crippen LogP contribution in [0.25, 0.3) is 0 Å². The Morgan fingerprint density at radius 3 is 1.67 bits per heavy atom. The Bertz CT molecular complexity index is 949. The van der Waals surface area contributed by atoms with Crippen LogP contribution in [0.2, 0.25) is 5.15 Å². The molecule has 0 unspecified atom stereocenters. The molecule has 0 bridgehead atoms. The fourth-order valence-corrected chi connectivity index (χ4v) is 5.74. The van der Waals surface area contributed by atoms with Crippen molar-refractivity contribution in [1.82, 2.24) is 4.98 Å². The molecule has 3 nitrogen and oxygen atoms in total. The predicted molar refractivity (Wildman–Crippen MR) is 129 cm³/mol. The molecule has 0 amide bonds. The van der Waals surface area contributed by atoms with E-state index in [1.165, 1.54) is 0 Å². The number of aromatic nitrogens is 1. The first-order valence-electron chi connectivity index (χ1n) is 10.0. The van der Waals surface area contributed by atoms with Crippen LogP contribution in [-0.2, 0) is 0 Å². The Balaban J connectivity index is 2.11. The molecular weight excluding hydrogens is 413 g/mol. The summed E-state index contributed by atoms with van der Waals surface area (Å²) < 4.78 is 12.2. The fraction of sp³-hybridized carbons (Fsp3) is 0.320. The maximum Gasteiger partial charge on any atom is 0.137 e. The second-order valence-corrected chi connectivity index (χ2v) is 11.6. The standard InChI is InChI=1S/C25H29ClNO2P/c1-24(2,3)28-18-10-7-12-20(16-18)30(22-14-9-15-27-23(22)26)21-13-8-11-19(17-21)29-25(4,5)6/h7-17H,1-6H3. The monoisotopic (exact) mass is 441 g/mol. The van der Waals surface area contributed by atoms with Crippen LogP contribution in [0, 0.1) is 0 Å². The maximum absolute atomic E-state index is 6.55. The van der Waals surface area contributed by atoms with E-state index < -0.39 is 7.92 Å². The quantitative estimate of drug-likeness (QED) is 0.367. The van der Waals surface area contributed by atoms with Crippen molar-refractivity contribution in [2.24, 2.45) is 0 Å². The van der Waals surface area contributed by atoms with Gasteiger partial charge in [-0.1, -0.05) is 35.9 Å². The molecule has 0 fully saturated rings. The molecule has 1 heterocycles. The van der Waals surface area contributed by atoms with Crippen LogP contribution in [-0.4, -0.2) is 16.2 Å². The van der Waals surface area contributed by atoms with Gasteiger partial charge in [0.2, 0.25) is 0 Å². The van der Waals surface area contributed by atoms with Crippen molar-refractivity contribution in [1.29, 1.82) is 0 Å². The van der Waals surface area contributed by atoms with Gasteiger partial charge < -0.3 is 9.47 Å². The molecule has 3 aromatic rings. The van der Waals surface area contributed by atoms with Gasteiger partial charge in [0.1, 0.15) is 27.9 Å². The van der Waals surface area contributed by atoms with E-state index in [2.05, 4.69) is 35.3 Å². The summed E-state index contributed by atoms with van der Waals surface area (Å²) in [6.45, 7) is 12.3. The minimum atomic E-state index is -0.937. The lowest BCUT2D eigenvalue weighted by atomic mass is 10.2. The average Bonchev–Trinajstić information content (AvgIpc) is 2.61. The highest BCUT2D eigenvalue weighted by atomic mass is 35.5. The highest BCUT2D eigenvalue weighted by molar-refractivity contribution is 7.80. The maximum atomic E-state index is 6.55. The van der Waals surface area contributed by atoms with E-state index in [1.807, 2.05) is 71.9 Å². The van der Waals surface area contributed by atoms with E-state index in [4.69, 9.17) is 21.1 Å². The van der Waals surface area contributed by atoms with Crippen LogP contribution in [0.3, 0.4) is 0 Å². The van der Waals surface area contributed by atoms with Crippen LogP contribution in [0.1, 0.15) is 41.5 Å². The van der Waals surface area contributed by atoms with E-state index in [0.29, 0.717) is 5.15 Å². The highest BCUT2D eigenvalue weighted by Gasteiger charge is 2.22. The fourth-order valence-electron chi connectivity index (χ4n) is 3.05. The number of nitrogens with zero attached hydrogens (tertiary/aromatic N) is 1. The van der Waals surface area contributed by atoms with Crippen LogP contribution in [0.5, 0.6) is 11.5 Å². The van der Waals surface area contributed by atoms with Gasteiger partial charge in [-0.05, 0) is 96.5 Å². The van der Waals surface area contributed by atoms with Crippen molar-refractivity contribution in [3.63, 3.8) is 0 Å². The summed E-state index contributed by atoms with van der Waals surface area (Å²) in [5, 5.41) is 3.83. The number of benzene rings is 2. The minimum absolute atomic E-state index is 0.270. The Labute approximate surface area is 186 Å². The number of hydrogen-bond acceptors (Lipinski definition) is 3.